The molecule has 100 valence electrons. The molecule has 2 atom stereocenters. The minimum atomic E-state index is -0.569. The van der Waals surface area contributed by atoms with E-state index in [1.54, 1.807) is 6.92 Å². The highest BCUT2D eigenvalue weighted by atomic mass is 16.3. The molecule has 18 heavy (non-hydrogen) atoms. The largest absolute Gasteiger partial charge is 0.392 e. The van der Waals surface area contributed by atoms with Crippen molar-refractivity contribution in [1.29, 1.82) is 0 Å². The third kappa shape index (κ3) is 4.88. The van der Waals surface area contributed by atoms with Crippen LogP contribution in [-0.2, 0) is 11.3 Å². The maximum Gasteiger partial charge on any atom is 0.225 e. The molecular weight excluding hydrogens is 226 g/mol. The number of carbonyl (C=O) groups is 1. The fourth-order valence-electron chi connectivity index (χ4n) is 1.81. The molecule has 0 saturated carbocycles. The van der Waals surface area contributed by atoms with E-state index in [4.69, 9.17) is 0 Å². The second-order valence-electron chi connectivity index (χ2n) is 5.19. The van der Waals surface area contributed by atoms with Crippen LogP contribution in [0.15, 0.2) is 30.3 Å². The van der Waals surface area contributed by atoms with Gasteiger partial charge in [0.05, 0.1) is 12.0 Å². The first-order chi connectivity index (χ1) is 8.50. The summed E-state index contributed by atoms with van der Waals surface area (Å²) in [6, 6.07) is 9.77. The van der Waals surface area contributed by atoms with E-state index in [1.165, 1.54) is 0 Å². The molecule has 0 unspecified atom stereocenters. The highest BCUT2D eigenvalue weighted by Crippen LogP contribution is 2.13. The molecule has 1 aromatic rings. The van der Waals surface area contributed by atoms with Crippen molar-refractivity contribution in [2.75, 3.05) is 0 Å². The van der Waals surface area contributed by atoms with Gasteiger partial charge in [0.1, 0.15) is 0 Å². The minimum Gasteiger partial charge on any atom is -0.392 e. The van der Waals surface area contributed by atoms with Gasteiger partial charge in [-0.25, -0.2) is 0 Å². The molecule has 1 aromatic carbocycles. The Hall–Kier alpha value is -1.35. The molecule has 2 N–H and O–H groups in total. The first-order valence-corrected chi connectivity index (χ1v) is 6.50. The standard InChI is InChI=1S/C15H23NO2/c1-11(2)9-14(17)12(3)15(18)16-10-13-7-5-4-6-8-13/h4-8,11-12,14,17H,9-10H2,1-3H3,(H,16,18)/t12-,14+/m0/s1. The first kappa shape index (κ1) is 14.7. The van der Waals surface area contributed by atoms with E-state index in [2.05, 4.69) is 5.32 Å². The van der Waals surface area contributed by atoms with Gasteiger partial charge in [-0.05, 0) is 17.9 Å². The van der Waals surface area contributed by atoms with Crippen molar-refractivity contribution in [2.45, 2.75) is 39.8 Å². The molecule has 1 rings (SSSR count). The average molecular weight is 249 g/mol. The molecule has 1 amide bonds. The quantitative estimate of drug-likeness (QED) is 0.813. The van der Waals surface area contributed by atoms with E-state index < -0.39 is 6.10 Å². The Bertz CT molecular complexity index is 362. The van der Waals surface area contributed by atoms with Crippen molar-refractivity contribution >= 4 is 5.91 Å². The third-order valence-electron chi connectivity index (χ3n) is 3.01. The molecule has 0 radical (unpaired) electrons. The van der Waals surface area contributed by atoms with Crippen LogP contribution < -0.4 is 5.32 Å². The Labute approximate surface area is 109 Å². The van der Waals surface area contributed by atoms with Crippen LogP contribution in [0.1, 0.15) is 32.8 Å². The van der Waals surface area contributed by atoms with Crippen LogP contribution >= 0.6 is 0 Å². The minimum absolute atomic E-state index is 0.0907. The molecule has 0 heterocycles. The van der Waals surface area contributed by atoms with Crippen LogP contribution in [-0.4, -0.2) is 17.1 Å². The van der Waals surface area contributed by atoms with E-state index in [9.17, 15) is 9.90 Å². The molecule has 0 spiro atoms. The second-order valence-corrected chi connectivity index (χ2v) is 5.19. The number of hydrogen-bond acceptors (Lipinski definition) is 2. The van der Waals surface area contributed by atoms with Crippen molar-refractivity contribution in [2.24, 2.45) is 11.8 Å². The van der Waals surface area contributed by atoms with Crippen LogP contribution in [0.2, 0.25) is 0 Å². The summed E-state index contributed by atoms with van der Waals surface area (Å²) in [7, 11) is 0. The maximum absolute atomic E-state index is 11.9. The number of hydrogen-bond donors (Lipinski definition) is 2. The number of carbonyl (C=O) groups excluding carboxylic acids is 1. The van der Waals surface area contributed by atoms with E-state index >= 15 is 0 Å². The highest BCUT2D eigenvalue weighted by molar-refractivity contribution is 5.78. The zero-order chi connectivity index (χ0) is 13.5. The second kappa shape index (κ2) is 7.17. The van der Waals surface area contributed by atoms with Gasteiger partial charge in [0.25, 0.3) is 0 Å². The number of aliphatic hydroxyl groups excluding tert-OH is 1. The van der Waals surface area contributed by atoms with Crippen molar-refractivity contribution in [3.8, 4) is 0 Å². The van der Waals surface area contributed by atoms with Gasteiger partial charge in [-0.1, -0.05) is 51.1 Å². The Balaban J connectivity index is 2.40. The Morgan fingerprint density at radius 2 is 1.83 bits per heavy atom. The lowest BCUT2D eigenvalue weighted by atomic mass is 9.95. The van der Waals surface area contributed by atoms with Crippen molar-refractivity contribution in [3.63, 3.8) is 0 Å². The number of benzene rings is 1. The normalized spacial score (nSPS) is 14.3. The van der Waals surface area contributed by atoms with E-state index in [1.807, 2.05) is 44.2 Å². The first-order valence-electron chi connectivity index (χ1n) is 6.50. The smallest absolute Gasteiger partial charge is 0.225 e. The van der Waals surface area contributed by atoms with Crippen LogP contribution in [0.5, 0.6) is 0 Å². The molecule has 0 aromatic heterocycles. The number of nitrogens with one attached hydrogen (secondary N) is 1. The monoisotopic (exact) mass is 249 g/mol. The summed E-state index contributed by atoms with van der Waals surface area (Å²) < 4.78 is 0. The van der Waals surface area contributed by atoms with Gasteiger partial charge in [-0.2, -0.15) is 0 Å². The predicted molar refractivity (Wildman–Crippen MR) is 72.9 cm³/mol. The molecule has 0 aliphatic rings. The van der Waals surface area contributed by atoms with E-state index in [0.29, 0.717) is 18.9 Å². The number of aliphatic hydroxyl groups is 1. The van der Waals surface area contributed by atoms with Crippen molar-refractivity contribution in [1.82, 2.24) is 5.32 Å². The molecule has 0 bridgehead atoms. The fourth-order valence-corrected chi connectivity index (χ4v) is 1.81. The summed E-state index contributed by atoms with van der Waals surface area (Å²) in [6.45, 7) is 6.36. The lowest BCUT2D eigenvalue weighted by Gasteiger charge is -2.20. The van der Waals surface area contributed by atoms with Gasteiger partial charge in [0, 0.05) is 6.54 Å². The topological polar surface area (TPSA) is 49.3 Å². The molecule has 0 saturated heterocycles. The Morgan fingerprint density at radius 1 is 1.22 bits per heavy atom. The number of amides is 1. The van der Waals surface area contributed by atoms with Crippen molar-refractivity contribution < 1.29 is 9.90 Å². The molecule has 3 nitrogen and oxygen atoms in total. The SMILES string of the molecule is CC(C)C[C@@H](O)[C@H](C)C(=O)NCc1ccccc1. The van der Waals surface area contributed by atoms with E-state index in [0.717, 1.165) is 5.56 Å². The summed E-state index contributed by atoms with van der Waals surface area (Å²) in [5.74, 6) is -0.0625. The average Bonchev–Trinajstić information content (AvgIpc) is 2.35. The van der Waals surface area contributed by atoms with Gasteiger partial charge < -0.3 is 10.4 Å². The molecule has 3 heteroatoms. The van der Waals surface area contributed by atoms with Crippen LogP contribution in [0.4, 0.5) is 0 Å². The highest BCUT2D eigenvalue weighted by Gasteiger charge is 2.22. The Morgan fingerprint density at radius 3 is 2.39 bits per heavy atom. The Kier molecular flexibility index (Phi) is 5.86. The number of rotatable bonds is 6. The summed E-state index contributed by atoms with van der Waals surface area (Å²) in [5, 5.41) is 12.7. The summed E-state index contributed by atoms with van der Waals surface area (Å²) in [5.41, 5.74) is 1.07. The zero-order valence-electron chi connectivity index (χ0n) is 11.4. The molecule has 0 aliphatic carbocycles. The van der Waals surface area contributed by atoms with Gasteiger partial charge in [-0.15, -0.1) is 0 Å². The molecule has 0 fully saturated rings. The van der Waals surface area contributed by atoms with Crippen LogP contribution in [0.25, 0.3) is 0 Å². The van der Waals surface area contributed by atoms with Crippen LogP contribution in [0.3, 0.4) is 0 Å². The lowest BCUT2D eigenvalue weighted by molar-refractivity contribution is -0.128. The fraction of sp³-hybridized carbons (Fsp3) is 0.533. The van der Waals surface area contributed by atoms with Gasteiger partial charge >= 0.3 is 0 Å². The van der Waals surface area contributed by atoms with Gasteiger partial charge in [-0.3, -0.25) is 4.79 Å². The summed E-state index contributed by atoms with van der Waals surface area (Å²) >= 11 is 0. The third-order valence-corrected chi connectivity index (χ3v) is 3.01. The zero-order valence-corrected chi connectivity index (χ0v) is 11.4. The van der Waals surface area contributed by atoms with Crippen LogP contribution in [0, 0.1) is 11.8 Å². The van der Waals surface area contributed by atoms with Gasteiger partial charge in [0.15, 0.2) is 0 Å². The molecule has 0 aliphatic heterocycles. The summed E-state index contributed by atoms with van der Waals surface area (Å²) in [4.78, 5) is 11.9. The molecular formula is C15H23NO2. The summed E-state index contributed by atoms with van der Waals surface area (Å²) in [6.07, 6.45) is 0.0840. The van der Waals surface area contributed by atoms with Crippen molar-refractivity contribution in [3.05, 3.63) is 35.9 Å². The van der Waals surface area contributed by atoms with Gasteiger partial charge in [0.2, 0.25) is 5.91 Å². The lowest BCUT2D eigenvalue weighted by Crippen LogP contribution is -2.36. The predicted octanol–water partition coefficient (Wildman–Crippen LogP) is 2.35. The van der Waals surface area contributed by atoms with E-state index in [-0.39, 0.29) is 11.8 Å². The maximum atomic E-state index is 11.9.